The van der Waals surface area contributed by atoms with Crippen LogP contribution in [0, 0.1) is 5.82 Å². The van der Waals surface area contributed by atoms with E-state index >= 15 is 0 Å². The predicted molar refractivity (Wildman–Crippen MR) is 133 cm³/mol. The molecule has 1 aliphatic rings. The van der Waals surface area contributed by atoms with E-state index in [1.807, 2.05) is 18.2 Å². The highest BCUT2D eigenvalue weighted by atomic mass is 35.5. The highest BCUT2D eigenvalue weighted by Crippen LogP contribution is 2.33. The van der Waals surface area contributed by atoms with Crippen molar-refractivity contribution < 1.29 is 28.2 Å². The van der Waals surface area contributed by atoms with Crippen molar-refractivity contribution in [3.63, 3.8) is 0 Å². The fraction of sp³-hybridized carbons (Fsp3) is 0.423. The Kier molecular flexibility index (Phi) is 9.98. The summed E-state index contributed by atoms with van der Waals surface area (Å²) >= 11 is 7.35. The number of hydrogen-bond acceptors (Lipinski definition) is 6. The number of aryl methyl sites for hydroxylation is 1. The second-order valence-electron chi connectivity index (χ2n) is 8.19. The molecule has 1 fully saturated rings. The third-order valence-electron chi connectivity index (χ3n) is 5.87. The highest BCUT2D eigenvalue weighted by Gasteiger charge is 2.28. The first-order chi connectivity index (χ1) is 16.8. The Bertz CT molecular complexity index is 1060. The standard InChI is InChI=1S/C26H29ClFNO5S/c1-3-34-26(32)16-19(18-7-8-20(27)21(28)15-18)6-4-17-5-9-23(22(14-17)33-2)35-13-12-29-24(30)10-11-25(29)31/h5,7-9,14-15,19H,3-4,6,10-13,16H2,1-2H3. The Morgan fingerprint density at radius 1 is 1.17 bits per heavy atom. The van der Waals surface area contributed by atoms with Crippen LogP contribution < -0.4 is 4.74 Å². The number of halogens is 2. The molecule has 188 valence electrons. The molecule has 0 radical (unpaired) electrons. The molecule has 3 rings (SSSR count). The van der Waals surface area contributed by atoms with Crippen molar-refractivity contribution in [1.29, 1.82) is 0 Å². The molecule has 0 spiro atoms. The molecule has 2 aromatic carbocycles. The molecule has 9 heteroatoms. The van der Waals surface area contributed by atoms with Gasteiger partial charge in [0.1, 0.15) is 11.6 Å². The molecule has 1 saturated heterocycles. The number of likely N-dealkylation sites (tertiary alicyclic amines) is 1. The minimum Gasteiger partial charge on any atom is -0.496 e. The largest absolute Gasteiger partial charge is 0.496 e. The maximum Gasteiger partial charge on any atom is 0.306 e. The lowest BCUT2D eigenvalue weighted by Crippen LogP contribution is -2.31. The number of esters is 1. The van der Waals surface area contributed by atoms with Gasteiger partial charge in [-0.05, 0) is 61.1 Å². The lowest BCUT2D eigenvalue weighted by Gasteiger charge is -2.18. The third-order valence-corrected chi connectivity index (χ3v) is 7.21. The molecule has 35 heavy (non-hydrogen) atoms. The van der Waals surface area contributed by atoms with Crippen LogP contribution in [-0.2, 0) is 25.5 Å². The van der Waals surface area contributed by atoms with E-state index < -0.39 is 5.82 Å². The summed E-state index contributed by atoms with van der Waals surface area (Å²) < 4.78 is 24.7. The first kappa shape index (κ1) is 27.0. The van der Waals surface area contributed by atoms with Crippen molar-refractivity contribution in [1.82, 2.24) is 4.90 Å². The minimum atomic E-state index is -0.515. The zero-order valence-corrected chi connectivity index (χ0v) is 21.4. The summed E-state index contributed by atoms with van der Waals surface area (Å²) in [5.41, 5.74) is 1.71. The molecule has 0 bridgehead atoms. The van der Waals surface area contributed by atoms with Gasteiger partial charge in [-0.1, -0.05) is 23.7 Å². The molecular formula is C26H29ClFNO5S. The Morgan fingerprint density at radius 3 is 2.57 bits per heavy atom. The maximum absolute atomic E-state index is 14.1. The zero-order valence-electron chi connectivity index (χ0n) is 19.9. The lowest BCUT2D eigenvalue weighted by atomic mass is 9.89. The van der Waals surface area contributed by atoms with E-state index in [4.69, 9.17) is 21.1 Å². The van der Waals surface area contributed by atoms with Gasteiger partial charge in [0, 0.05) is 30.0 Å². The molecule has 0 aromatic heterocycles. The number of imide groups is 1. The van der Waals surface area contributed by atoms with Gasteiger partial charge in [0.25, 0.3) is 0 Å². The molecule has 0 N–H and O–H groups in total. The topological polar surface area (TPSA) is 72.9 Å². The van der Waals surface area contributed by atoms with E-state index in [1.165, 1.54) is 28.8 Å². The van der Waals surface area contributed by atoms with E-state index in [1.54, 1.807) is 20.1 Å². The predicted octanol–water partition coefficient (Wildman–Crippen LogP) is 5.40. The van der Waals surface area contributed by atoms with Crippen LogP contribution in [0.3, 0.4) is 0 Å². The Balaban J connectivity index is 1.65. The number of hydrogen-bond donors (Lipinski definition) is 0. The number of carbonyl (C=O) groups is 3. The van der Waals surface area contributed by atoms with Gasteiger partial charge >= 0.3 is 5.97 Å². The van der Waals surface area contributed by atoms with Gasteiger partial charge in [0.15, 0.2) is 0 Å². The molecule has 1 unspecified atom stereocenters. The second kappa shape index (κ2) is 12.9. The molecular weight excluding hydrogens is 493 g/mol. The van der Waals surface area contributed by atoms with Gasteiger partial charge in [-0.15, -0.1) is 11.8 Å². The molecule has 0 aliphatic carbocycles. The number of amides is 2. The van der Waals surface area contributed by atoms with Crippen LogP contribution in [0.5, 0.6) is 5.75 Å². The van der Waals surface area contributed by atoms with E-state index in [-0.39, 0.29) is 41.8 Å². The monoisotopic (exact) mass is 521 g/mol. The smallest absolute Gasteiger partial charge is 0.306 e. The quantitative estimate of drug-likeness (QED) is 0.211. The fourth-order valence-corrected chi connectivity index (χ4v) is 5.08. The highest BCUT2D eigenvalue weighted by molar-refractivity contribution is 7.99. The molecule has 1 heterocycles. The molecule has 1 atom stereocenters. The lowest BCUT2D eigenvalue weighted by molar-refractivity contribution is -0.143. The van der Waals surface area contributed by atoms with Gasteiger partial charge < -0.3 is 9.47 Å². The normalized spacial score (nSPS) is 14.3. The number of benzene rings is 2. The average Bonchev–Trinajstić information content (AvgIpc) is 3.16. The Hall–Kier alpha value is -2.58. The number of carbonyl (C=O) groups excluding carboxylic acids is 3. The Labute approximate surface area is 214 Å². The number of thioether (sulfide) groups is 1. The molecule has 0 saturated carbocycles. The van der Waals surface area contributed by atoms with Crippen LogP contribution in [0.1, 0.15) is 49.7 Å². The van der Waals surface area contributed by atoms with Gasteiger partial charge in [0.05, 0.1) is 25.2 Å². The summed E-state index contributed by atoms with van der Waals surface area (Å²) in [5.74, 6) is -0.0172. The SMILES string of the molecule is CCOC(=O)CC(CCc1ccc(SCCN2C(=O)CCC2=O)c(OC)c1)c1ccc(Cl)c(F)c1. The first-order valence-electron chi connectivity index (χ1n) is 11.6. The van der Waals surface area contributed by atoms with Crippen LogP contribution in [0.25, 0.3) is 0 Å². The molecule has 2 aromatic rings. The minimum absolute atomic E-state index is 0.0416. The summed E-state index contributed by atoms with van der Waals surface area (Å²) in [7, 11) is 1.59. The number of rotatable bonds is 12. The van der Waals surface area contributed by atoms with Crippen LogP contribution >= 0.6 is 23.4 Å². The van der Waals surface area contributed by atoms with Gasteiger partial charge in [-0.25, -0.2) is 4.39 Å². The van der Waals surface area contributed by atoms with Crippen molar-refractivity contribution >= 4 is 41.1 Å². The van der Waals surface area contributed by atoms with Crippen molar-refractivity contribution in [3.05, 3.63) is 58.4 Å². The van der Waals surface area contributed by atoms with Crippen molar-refractivity contribution in [2.24, 2.45) is 0 Å². The molecule has 6 nitrogen and oxygen atoms in total. The van der Waals surface area contributed by atoms with Crippen LogP contribution in [-0.4, -0.2) is 48.7 Å². The van der Waals surface area contributed by atoms with E-state index in [9.17, 15) is 18.8 Å². The summed E-state index contributed by atoms with van der Waals surface area (Å²) in [6.07, 6.45) is 1.98. The fourth-order valence-electron chi connectivity index (χ4n) is 4.02. The number of ether oxygens (including phenoxy) is 2. The third kappa shape index (κ3) is 7.45. The second-order valence-corrected chi connectivity index (χ2v) is 9.74. The van der Waals surface area contributed by atoms with Crippen LogP contribution in [0.15, 0.2) is 41.3 Å². The number of methoxy groups -OCH3 is 1. The summed E-state index contributed by atoms with van der Waals surface area (Å²) in [4.78, 5) is 37.9. The van der Waals surface area contributed by atoms with Crippen molar-refractivity contribution in [2.75, 3.05) is 26.0 Å². The average molecular weight is 522 g/mol. The van der Waals surface area contributed by atoms with Crippen molar-refractivity contribution in [3.8, 4) is 5.75 Å². The van der Waals surface area contributed by atoms with Gasteiger partial charge in [0.2, 0.25) is 11.8 Å². The van der Waals surface area contributed by atoms with E-state index in [0.717, 1.165) is 10.5 Å². The number of nitrogens with zero attached hydrogens (tertiary/aromatic N) is 1. The summed E-state index contributed by atoms with van der Waals surface area (Å²) in [6.45, 7) is 2.42. The maximum atomic E-state index is 14.1. The van der Waals surface area contributed by atoms with E-state index in [0.29, 0.717) is 49.3 Å². The Morgan fingerprint density at radius 2 is 1.91 bits per heavy atom. The molecule has 1 aliphatic heterocycles. The van der Waals surface area contributed by atoms with Crippen LogP contribution in [0.2, 0.25) is 5.02 Å². The summed E-state index contributed by atoms with van der Waals surface area (Å²) in [6, 6.07) is 10.5. The zero-order chi connectivity index (χ0) is 25.4. The summed E-state index contributed by atoms with van der Waals surface area (Å²) in [5, 5.41) is 0.0416. The first-order valence-corrected chi connectivity index (χ1v) is 12.9. The molecule has 2 amide bonds. The van der Waals surface area contributed by atoms with Gasteiger partial charge in [-0.2, -0.15) is 0 Å². The van der Waals surface area contributed by atoms with E-state index in [2.05, 4.69) is 0 Å². The van der Waals surface area contributed by atoms with Crippen molar-refractivity contribution in [2.45, 2.75) is 49.8 Å². The van der Waals surface area contributed by atoms with Crippen LogP contribution in [0.4, 0.5) is 4.39 Å². The van der Waals surface area contributed by atoms with Gasteiger partial charge in [-0.3, -0.25) is 19.3 Å².